The summed E-state index contributed by atoms with van der Waals surface area (Å²) in [5, 5.41) is 2.80. The SMILES string of the molecule is O=C(NCc1ccc(F)cc1)c1ccc(/C=C2\Oc3ccccc3N(Cc3cccc(F)c3)C2=O)cc1. The molecule has 1 N–H and O–H groups in total. The van der Waals surface area contributed by atoms with Crippen LogP contribution in [0.4, 0.5) is 14.5 Å². The van der Waals surface area contributed by atoms with E-state index < -0.39 is 0 Å². The van der Waals surface area contributed by atoms with Crippen molar-refractivity contribution in [2.75, 3.05) is 4.90 Å². The lowest BCUT2D eigenvalue weighted by Gasteiger charge is -2.30. The van der Waals surface area contributed by atoms with Gasteiger partial charge in [-0.15, -0.1) is 0 Å². The third kappa shape index (κ3) is 5.56. The standard InChI is InChI=1S/C30H22F2N2O3/c31-24-14-10-21(11-15-24)18-33-29(35)23-12-8-20(9-13-23)17-28-30(36)34(19-22-4-3-5-25(32)16-22)26-6-1-2-7-27(26)37-28/h1-17H,18-19H2,(H,33,35)/b28-17-. The number of anilines is 1. The van der Waals surface area contributed by atoms with Gasteiger partial charge in [-0.3, -0.25) is 14.5 Å². The maximum atomic E-state index is 13.7. The molecule has 0 saturated carbocycles. The lowest BCUT2D eigenvalue weighted by atomic mass is 10.1. The van der Waals surface area contributed by atoms with Crippen molar-refractivity contribution in [1.29, 1.82) is 0 Å². The first-order chi connectivity index (χ1) is 18.0. The van der Waals surface area contributed by atoms with Crippen LogP contribution in [-0.4, -0.2) is 11.8 Å². The molecule has 0 unspecified atom stereocenters. The Hall–Kier alpha value is -4.78. The fourth-order valence-electron chi connectivity index (χ4n) is 4.01. The Labute approximate surface area is 212 Å². The van der Waals surface area contributed by atoms with Crippen LogP contribution in [0.5, 0.6) is 5.75 Å². The molecule has 5 rings (SSSR count). The summed E-state index contributed by atoms with van der Waals surface area (Å²) in [6, 6.07) is 25.9. The monoisotopic (exact) mass is 496 g/mol. The summed E-state index contributed by atoms with van der Waals surface area (Å²) in [6.45, 7) is 0.454. The molecule has 0 radical (unpaired) electrons. The molecular formula is C30H22F2N2O3. The number of halogens is 2. The number of benzene rings is 4. The normalized spacial score (nSPS) is 13.7. The van der Waals surface area contributed by atoms with Crippen molar-refractivity contribution < 1.29 is 23.1 Å². The second kappa shape index (κ2) is 10.5. The van der Waals surface area contributed by atoms with Crippen molar-refractivity contribution in [2.45, 2.75) is 13.1 Å². The first-order valence-electron chi connectivity index (χ1n) is 11.6. The van der Waals surface area contributed by atoms with Gasteiger partial charge in [0.25, 0.3) is 11.8 Å². The van der Waals surface area contributed by atoms with Crippen molar-refractivity contribution in [2.24, 2.45) is 0 Å². The van der Waals surface area contributed by atoms with Gasteiger partial charge in [0, 0.05) is 12.1 Å². The molecule has 0 atom stereocenters. The van der Waals surface area contributed by atoms with Gasteiger partial charge in [-0.1, -0.05) is 48.5 Å². The van der Waals surface area contributed by atoms with Crippen LogP contribution < -0.4 is 15.0 Å². The average Bonchev–Trinajstić information content (AvgIpc) is 2.91. The second-order valence-electron chi connectivity index (χ2n) is 8.53. The molecule has 0 aromatic heterocycles. The molecule has 0 fully saturated rings. The maximum Gasteiger partial charge on any atom is 0.294 e. The summed E-state index contributed by atoms with van der Waals surface area (Å²) in [6.07, 6.45) is 1.61. The number of carbonyl (C=O) groups excluding carboxylic acids is 2. The predicted octanol–water partition coefficient (Wildman–Crippen LogP) is 5.86. The Morgan fingerprint density at radius 3 is 2.35 bits per heavy atom. The number of para-hydroxylation sites is 2. The van der Waals surface area contributed by atoms with E-state index in [1.54, 1.807) is 71.6 Å². The number of fused-ring (bicyclic) bond motifs is 1. The first kappa shape index (κ1) is 23.9. The van der Waals surface area contributed by atoms with Crippen molar-refractivity contribution >= 4 is 23.6 Å². The zero-order valence-corrected chi connectivity index (χ0v) is 19.7. The van der Waals surface area contributed by atoms with Gasteiger partial charge in [0.2, 0.25) is 0 Å². The van der Waals surface area contributed by atoms with Crippen molar-refractivity contribution in [3.8, 4) is 5.75 Å². The fraction of sp³-hybridized carbons (Fsp3) is 0.0667. The third-order valence-corrected chi connectivity index (χ3v) is 5.90. The van der Waals surface area contributed by atoms with E-state index in [-0.39, 0.29) is 42.3 Å². The second-order valence-corrected chi connectivity index (χ2v) is 8.53. The molecule has 1 aliphatic heterocycles. The van der Waals surface area contributed by atoms with E-state index >= 15 is 0 Å². The minimum Gasteiger partial charge on any atom is -0.449 e. The number of nitrogens with zero attached hydrogens (tertiary/aromatic N) is 1. The molecule has 0 saturated heterocycles. The van der Waals surface area contributed by atoms with E-state index in [0.29, 0.717) is 28.1 Å². The van der Waals surface area contributed by atoms with Gasteiger partial charge in [-0.2, -0.15) is 0 Å². The molecule has 2 amide bonds. The molecule has 1 aliphatic rings. The highest BCUT2D eigenvalue weighted by molar-refractivity contribution is 6.09. The molecular weight excluding hydrogens is 474 g/mol. The number of nitrogens with one attached hydrogen (secondary N) is 1. The summed E-state index contributed by atoms with van der Waals surface area (Å²) in [5.41, 5.74) is 3.15. The predicted molar refractivity (Wildman–Crippen MR) is 137 cm³/mol. The number of hydrogen-bond donors (Lipinski definition) is 1. The van der Waals surface area contributed by atoms with Crippen molar-refractivity contribution in [1.82, 2.24) is 5.32 Å². The Bertz CT molecular complexity index is 1480. The van der Waals surface area contributed by atoms with Gasteiger partial charge in [0.15, 0.2) is 11.5 Å². The summed E-state index contributed by atoms with van der Waals surface area (Å²) in [4.78, 5) is 27.4. The highest BCUT2D eigenvalue weighted by Crippen LogP contribution is 2.36. The average molecular weight is 497 g/mol. The molecule has 4 aromatic rings. The van der Waals surface area contributed by atoms with Crippen LogP contribution in [0.15, 0.2) is 103 Å². The molecule has 184 valence electrons. The Balaban J connectivity index is 1.33. The summed E-state index contributed by atoms with van der Waals surface area (Å²) < 4.78 is 32.7. The molecule has 4 aromatic carbocycles. The maximum absolute atomic E-state index is 13.7. The van der Waals surface area contributed by atoms with Crippen LogP contribution in [0, 0.1) is 11.6 Å². The van der Waals surface area contributed by atoms with Crippen LogP contribution in [-0.2, 0) is 17.9 Å². The lowest BCUT2D eigenvalue weighted by Crippen LogP contribution is -2.36. The van der Waals surface area contributed by atoms with Gasteiger partial charge < -0.3 is 10.1 Å². The molecule has 7 heteroatoms. The summed E-state index contributed by atoms with van der Waals surface area (Å²) in [7, 11) is 0. The largest absolute Gasteiger partial charge is 0.449 e. The number of ether oxygens (including phenoxy) is 1. The molecule has 0 aliphatic carbocycles. The zero-order chi connectivity index (χ0) is 25.8. The number of carbonyl (C=O) groups is 2. The molecule has 37 heavy (non-hydrogen) atoms. The Morgan fingerprint density at radius 1 is 0.838 bits per heavy atom. The number of rotatable bonds is 6. The Kier molecular flexibility index (Phi) is 6.76. The Morgan fingerprint density at radius 2 is 1.59 bits per heavy atom. The van der Waals surface area contributed by atoms with Gasteiger partial charge >= 0.3 is 0 Å². The number of hydrogen-bond acceptors (Lipinski definition) is 3. The topological polar surface area (TPSA) is 58.6 Å². The van der Waals surface area contributed by atoms with Gasteiger partial charge in [0.05, 0.1) is 12.2 Å². The smallest absolute Gasteiger partial charge is 0.294 e. The van der Waals surface area contributed by atoms with Gasteiger partial charge in [-0.05, 0) is 71.3 Å². The van der Waals surface area contributed by atoms with Crippen LogP contribution in [0.3, 0.4) is 0 Å². The van der Waals surface area contributed by atoms with E-state index in [1.165, 1.54) is 24.3 Å². The number of amides is 2. The van der Waals surface area contributed by atoms with Crippen LogP contribution >= 0.6 is 0 Å². The molecule has 0 bridgehead atoms. The minimum atomic E-state index is -0.371. The highest BCUT2D eigenvalue weighted by atomic mass is 19.1. The van der Waals surface area contributed by atoms with E-state index in [1.807, 2.05) is 12.1 Å². The van der Waals surface area contributed by atoms with Crippen LogP contribution in [0.2, 0.25) is 0 Å². The highest BCUT2D eigenvalue weighted by Gasteiger charge is 2.30. The zero-order valence-electron chi connectivity index (χ0n) is 19.7. The minimum absolute atomic E-state index is 0.114. The fourth-order valence-corrected chi connectivity index (χ4v) is 4.01. The first-order valence-corrected chi connectivity index (χ1v) is 11.6. The summed E-state index contributed by atoms with van der Waals surface area (Å²) in [5.74, 6) is -0.706. The van der Waals surface area contributed by atoms with Gasteiger partial charge in [-0.25, -0.2) is 8.78 Å². The quantitative estimate of drug-likeness (QED) is 0.340. The van der Waals surface area contributed by atoms with Crippen LogP contribution in [0.1, 0.15) is 27.0 Å². The molecule has 1 heterocycles. The van der Waals surface area contributed by atoms with E-state index in [2.05, 4.69) is 5.32 Å². The van der Waals surface area contributed by atoms with E-state index in [4.69, 9.17) is 4.74 Å². The molecule has 5 nitrogen and oxygen atoms in total. The van der Waals surface area contributed by atoms with Crippen molar-refractivity contribution in [3.63, 3.8) is 0 Å². The molecule has 0 spiro atoms. The third-order valence-electron chi connectivity index (χ3n) is 5.90. The van der Waals surface area contributed by atoms with Crippen molar-refractivity contribution in [3.05, 3.63) is 137 Å². The van der Waals surface area contributed by atoms with E-state index in [0.717, 1.165) is 5.56 Å². The summed E-state index contributed by atoms with van der Waals surface area (Å²) >= 11 is 0. The lowest BCUT2D eigenvalue weighted by molar-refractivity contribution is -0.117. The van der Waals surface area contributed by atoms with Gasteiger partial charge in [0.1, 0.15) is 11.6 Å². The van der Waals surface area contributed by atoms with E-state index in [9.17, 15) is 18.4 Å². The van der Waals surface area contributed by atoms with Crippen LogP contribution in [0.25, 0.3) is 6.08 Å².